The third-order valence-electron chi connectivity index (χ3n) is 6.93. The number of carbonyl (C=O) groups is 2. The van der Waals surface area contributed by atoms with Gasteiger partial charge in [-0.3, -0.25) is 9.59 Å². The molecule has 0 amide bonds. The first-order valence-corrected chi connectivity index (χ1v) is 9.54. The molecule has 1 fully saturated rings. The first-order valence-electron chi connectivity index (χ1n) is 9.54. The summed E-state index contributed by atoms with van der Waals surface area (Å²) < 4.78 is 17.3. The van der Waals surface area contributed by atoms with Crippen LogP contribution >= 0.6 is 0 Å². The van der Waals surface area contributed by atoms with E-state index < -0.39 is 0 Å². The molecule has 0 unspecified atom stereocenters. The van der Waals surface area contributed by atoms with Crippen LogP contribution in [0, 0.1) is 11.8 Å². The summed E-state index contributed by atoms with van der Waals surface area (Å²) in [5.41, 5.74) is 2.45. The summed E-state index contributed by atoms with van der Waals surface area (Å²) in [4.78, 5) is 24.0. The molecule has 6 nitrogen and oxygen atoms in total. The van der Waals surface area contributed by atoms with Crippen molar-refractivity contribution in [2.45, 2.75) is 30.4 Å². The van der Waals surface area contributed by atoms with Crippen molar-refractivity contribution in [3.63, 3.8) is 0 Å². The van der Waals surface area contributed by atoms with Crippen LogP contribution in [0.15, 0.2) is 24.3 Å². The Bertz CT molecular complexity index is 821. The monoisotopic (exact) mass is 369 g/mol. The zero-order chi connectivity index (χ0) is 18.6. The summed E-state index contributed by atoms with van der Waals surface area (Å²) in [6, 6.07) is 4.49. The summed E-state index contributed by atoms with van der Waals surface area (Å²) in [6.07, 6.45) is 7.12. The quantitative estimate of drug-likeness (QED) is 0.559. The number of ether oxygens (including phenoxy) is 3. The maximum atomic E-state index is 10.8. The smallest absolute Gasteiger partial charge is 0.293 e. The third-order valence-corrected chi connectivity index (χ3v) is 6.93. The molecule has 142 valence electrons. The van der Waals surface area contributed by atoms with Gasteiger partial charge < -0.3 is 19.1 Å². The zero-order valence-corrected chi connectivity index (χ0v) is 15.3. The number of likely N-dealkylation sites (tertiary alicyclic amines) is 1. The Balaban J connectivity index is 1.67. The van der Waals surface area contributed by atoms with E-state index in [1.54, 1.807) is 0 Å². The van der Waals surface area contributed by atoms with Gasteiger partial charge in [0.1, 0.15) is 19.3 Å². The molecule has 1 saturated heterocycles. The highest BCUT2D eigenvalue weighted by Crippen LogP contribution is 2.63. The fourth-order valence-corrected chi connectivity index (χ4v) is 5.88. The number of carbonyl (C=O) groups excluding carboxylic acids is 2. The van der Waals surface area contributed by atoms with Crippen LogP contribution < -0.4 is 9.47 Å². The lowest BCUT2D eigenvalue weighted by molar-refractivity contribution is -0.131. The molecule has 2 bridgehead atoms. The summed E-state index contributed by atoms with van der Waals surface area (Å²) in [6.45, 7) is 1.83. The molecular formula is C21H23NO5. The van der Waals surface area contributed by atoms with E-state index in [1.807, 2.05) is 6.07 Å². The molecule has 27 heavy (non-hydrogen) atoms. The van der Waals surface area contributed by atoms with Crippen molar-refractivity contribution in [3.8, 4) is 11.5 Å². The molecule has 2 aliphatic heterocycles. The van der Waals surface area contributed by atoms with Crippen molar-refractivity contribution in [3.05, 3.63) is 35.4 Å². The van der Waals surface area contributed by atoms with E-state index in [0.717, 1.165) is 31.4 Å². The summed E-state index contributed by atoms with van der Waals surface area (Å²) in [5, 5.41) is 0. The van der Waals surface area contributed by atoms with Crippen LogP contribution in [0.2, 0.25) is 0 Å². The molecule has 0 aromatic heterocycles. The van der Waals surface area contributed by atoms with E-state index in [2.05, 4.69) is 30.2 Å². The lowest BCUT2D eigenvalue weighted by Gasteiger charge is -2.57. The Morgan fingerprint density at radius 1 is 1.33 bits per heavy atom. The van der Waals surface area contributed by atoms with Crippen LogP contribution in [0.25, 0.3) is 0 Å². The number of benzene rings is 1. The molecule has 1 aromatic carbocycles. The molecular weight excluding hydrogens is 346 g/mol. The van der Waals surface area contributed by atoms with Crippen LogP contribution in [-0.2, 0) is 26.2 Å². The van der Waals surface area contributed by atoms with E-state index in [4.69, 9.17) is 14.2 Å². The molecule has 0 saturated carbocycles. The Labute approximate surface area is 158 Å². The van der Waals surface area contributed by atoms with E-state index >= 15 is 0 Å². The van der Waals surface area contributed by atoms with Gasteiger partial charge in [0.25, 0.3) is 6.47 Å². The first kappa shape index (κ1) is 16.8. The summed E-state index contributed by atoms with van der Waals surface area (Å²) in [5.74, 6) is 1.79. The molecule has 0 N–H and O–H groups in total. The number of hydrogen-bond acceptors (Lipinski definition) is 6. The van der Waals surface area contributed by atoms with E-state index in [1.165, 1.54) is 11.1 Å². The van der Waals surface area contributed by atoms with Gasteiger partial charge in [0, 0.05) is 28.9 Å². The predicted molar refractivity (Wildman–Crippen MR) is 97.0 cm³/mol. The Morgan fingerprint density at radius 2 is 2.22 bits per heavy atom. The number of likely N-dealkylation sites (N-methyl/N-ethyl adjacent to an activating group) is 1. The second-order valence-corrected chi connectivity index (χ2v) is 7.99. The van der Waals surface area contributed by atoms with Gasteiger partial charge >= 0.3 is 0 Å². The van der Waals surface area contributed by atoms with Crippen molar-refractivity contribution < 1.29 is 23.8 Å². The van der Waals surface area contributed by atoms with Gasteiger partial charge in [-0.1, -0.05) is 18.2 Å². The van der Waals surface area contributed by atoms with Crippen molar-refractivity contribution in [2.24, 2.45) is 11.8 Å². The maximum absolute atomic E-state index is 10.8. The van der Waals surface area contributed by atoms with Crippen LogP contribution in [0.4, 0.5) is 0 Å². The SMILES string of the molecule is CN1CC[C@]23c4c5ccc(OCC=O)c4O[C@H]2[C@@H](COC=O)C=C[C@H]3[C@H]1C5. The second-order valence-electron chi connectivity index (χ2n) is 7.99. The fourth-order valence-electron chi connectivity index (χ4n) is 5.88. The van der Waals surface area contributed by atoms with Crippen LogP contribution in [0.3, 0.4) is 0 Å². The normalized spacial score (nSPS) is 35.1. The van der Waals surface area contributed by atoms with Crippen LogP contribution in [-0.4, -0.2) is 56.6 Å². The van der Waals surface area contributed by atoms with Crippen molar-refractivity contribution in [1.29, 1.82) is 0 Å². The second kappa shape index (κ2) is 6.09. The molecule has 6 heteroatoms. The molecule has 0 radical (unpaired) electrons. The van der Waals surface area contributed by atoms with Crippen molar-refractivity contribution in [1.82, 2.24) is 4.90 Å². The number of rotatable bonds is 6. The van der Waals surface area contributed by atoms with Crippen LogP contribution in [0.1, 0.15) is 17.5 Å². The van der Waals surface area contributed by atoms with Gasteiger partial charge in [0.05, 0.1) is 0 Å². The van der Waals surface area contributed by atoms with Gasteiger partial charge in [-0.15, -0.1) is 0 Å². The van der Waals surface area contributed by atoms with Crippen molar-refractivity contribution in [2.75, 3.05) is 26.8 Å². The molecule has 2 aliphatic carbocycles. The summed E-state index contributed by atoms with van der Waals surface area (Å²) >= 11 is 0. The highest BCUT2D eigenvalue weighted by Gasteiger charge is 2.64. The Morgan fingerprint density at radius 3 is 3.04 bits per heavy atom. The number of aldehydes is 1. The zero-order valence-electron chi connectivity index (χ0n) is 15.3. The van der Waals surface area contributed by atoms with E-state index in [9.17, 15) is 9.59 Å². The Kier molecular flexibility index (Phi) is 3.79. The molecule has 5 atom stereocenters. The molecule has 2 heterocycles. The average Bonchev–Trinajstić information content (AvgIpc) is 3.03. The highest BCUT2D eigenvalue weighted by atomic mass is 16.5. The minimum Gasteiger partial charge on any atom is -0.484 e. The number of hydrogen-bond donors (Lipinski definition) is 0. The average molecular weight is 369 g/mol. The lowest BCUT2D eigenvalue weighted by Crippen LogP contribution is -2.64. The van der Waals surface area contributed by atoms with E-state index in [0.29, 0.717) is 30.8 Å². The number of nitrogens with zero attached hydrogens (tertiary/aromatic N) is 1. The third kappa shape index (κ3) is 2.16. The minimum atomic E-state index is -0.119. The minimum absolute atomic E-state index is 0.00720. The molecule has 4 aliphatic rings. The first-order chi connectivity index (χ1) is 13.2. The molecule has 1 spiro atoms. The summed E-state index contributed by atoms with van der Waals surface area (Å²) in [7, 11) is 2.20. The largest absolute Gasteiger partial charge is 0.484 e. The van der Waals surface area contributed by atoms with Crippen LogP contribution in [0.5, 0.6) is 11.5 Å². The van der Waals surface area contributed by atoms with E-state index in [-0.39, 0.29) is 24.0 Å². The van der Waals surface area contributed by atoms with Gasteiger partial charge in [0.15, 0.2) is 17.8 Å². The van der Waals surface area contributed by atoms with Gasteiger partial charge in [-0.05, 0) is 38.1 Å². The maximum Gasteiger partial charge on any atom is 0.293 e. The topological polar surface area (TPSA) is 65.1 Å². The molecule has 1 aromatic rings. The van der Waals surface area contributed by atoms with Gasteiger partial charge in [-0.25, -0.2) is 0 Å². The van der Waals surface area contributed by atoms with Crippen molar-refractivity contribution >= 4 is 12.8 Å². The molecule has 5 rings (SSSR count). The Hall–Kier alpha value is -2.34. The van der Waals surface area contributed by atoms with Gasteiger partial charge in [0.2, 0.25) is 0 Å². The number of piperidine rings is 1. The highest BCUT2D eigenvalue weighted by molar-refractivity contribution is 5.63. The fraction of sp³-hybridized carbons (Fsp3) is 0.524. The van der Waals surface area contributed by atoms with Gasteiger partial charge in [-0.2, -0.15) is 0 Å². The lowest BCUT2D eigenvalue weighted by atomic mass is 9.52. The standard InChI is InChI=1S/C21H23NO5/c1-22-7-6-21-15-4-2-14(11-25-12-24)20(21)27-19-17(26-9-8-23)5-3-13(18(19)21)10-16(15)22/h2-5,8,12,14-16,20H,6-7,9-11H2,1H3/t14-,15+,16-,20+,21+/m1/s1. The predicted octanol–water partition coefficient (Wildman–Crippen LogP) is 1.50.